The molecule has 0 bridgehead atoms. The highest BCUT2D eigenvalue weighted by Gasteiger charge is 2.22. The van der Waals surface area contributed by atoms with Crippen molar-refractivity contribution in [3.63, 3.8) is 0 Å². The van der Waals surface area contributed by atoms with Crippen LogP contribution in [0.25, 0.3) is 0 Å². The van der Waals surface area contributed by atoms with Crippen molar-refractivity contribution in [1.82, 2.24) is 0 Å². The van der Waals surface area contributed by atoms with Gasteiger partial charge in [-0.25, -0.2) is 0 Å². The van der Waals surface area contributed by atoms with Crippen molar-refractivity contribution in [3.8, 4) is 5.75 Å². The van der Waals surface area contributed by atoms with E-state index in [0.29, 0.717) is 26.9 Å². The highest BCUT2D eigenvalue weighted by Crippen LogP contribution is 2.33. The third-order valence-corrected chi connectivity index (χ3v) is 4.54. The van der Waals surface area contributed by atoms with Crippen LogP contribution in [-0.4, -0.2) is 30.0 Å². The van der Waals surface area contributed by atoms with Gasteiger partial charge in [-0.15, -0.1) is 11.3 Å². The molecule has 1 unspecified atom stereocenters. The molecule has 1 aromatic carbocycles. The van der Waals surface area contributed by atoms with Crippen molar-refractivity contribution < 1.29 is 19.4 Å². The average molecular weight is 354 g/mol. The van der Waals surface area contributed by atoms with Crippen LogP contribution in [0.4, 0.5) is 0 Å². The summed E-state index contributed by atoms with van der Waals surface area (Å²) >= 11 is 7.05. The van der Waals surface area contributed by atoms with Gasteiger partial charge in [-0.3, -0.25) is 9.59 Å². The molecule has 0 radical (unpaired) electrons. The van der Waals surface area contributed by atoms with Crippen LogP contribution in [-0.2, 0) is 17.6 Å². The molecule has 1 heterocycles. The second-order valence-corrected chi connectivity index (χ2v) is 6.69. The van der Waals surface area contributed by atoms with Crippen molar-refractivity contribution in [1.29, 1.82) is 0 Å². The first-order valence-corrected chi connectivity index (χ1v) is 8.03. The number of hydrogen-bond acceptors (Lipinski definition) is 5. The van der Waals surface area contributed by atoms with Crippen LogP contribution < -0.4 is 10.5 Å². The lowest BCUT2D eigenvalue weighted by molar-refractivity contribution is -0.136. The highest BCUT2D eigenvalue weighted by atomic mass is 35.5. The minimum atomic E-state index is -0.883. The molecule has 2 aromatic rings. The number of ketones is 1. The van der Waals surface area contributed by atoms with E-state index in [0.717, 1.165) is 16.9 Å². The molecule has 23 heavy (non-hydrogen) atoms. The summed E-state index contributed by atoms with van der Waals surface area (Å²) in [6, 6.07) is 7.89. The second kappa shape index (κ2) is 7.59. The van der Waals surface area contributed by atoms with Crippen LogP contribution in [0.15, 0.2) is 30.3 Å². The lowest BCUT2D eigenvalue weighted by Crippen LogP contribution is -2.32. The highest BCUT2D eigenvalue weighted by molar-refractivity contribution is 7.18. The molecular weight excluding hydrogens is 338 g/mol. The predicted molar refractivity (Wildman–Crippen MR) is 89.7 cm³/mol. The molecule has 1 atom stereocenters. The van der Waals surface area contributed by atoms with Gasteiger partial charge >= 0.3 is 5.97 Å². The van der Waals surface area contributed by atoms with Gasteiger partial charge in [-0.2, -0.15) is 0 Å². The number of carboxylic acids is 1. The number of hydrogen-bond donors (Lipinski definition) is 2. The maximum atomic E-state index is 12.4. The number of thiophene rings is 1. The third kappa shape index (κ3) is 4.54. The van der Waals surface area contributed by atoms with Crippen molar-refractivity contribution in [3.05, 3.63) is 50.7 Å². The molecule has 0 fully saturated rings. The molecule has 0 aliphatic heterocycles. The Balaban J connectivity index is 2.07. The summed E-state index contributed by atoms with van der Waals surface area (Å²) in [5.41, 5.74) is 7.56. The molecule has 5 nitrogen and oxygen atoms in total. The summed E-state index contributed by atoms with van der Waals surface area (Å²) in [5, 5.41) is 8.75. The number of carbonyl (C=O) groups excluding carboxylic acids is 1. The molecule has 0 aliphatic rings. The average Bonchev–Trinajstić information content (AvgIpc) is 2.89. The number of halogens is 1. The summed E-state index contributed by atoms with van der Waals surface area (Å²) in [6.45, 7) is 0. The van der Waals surface area contributed by atoms with Crippen LogP contribution in [0.5, 0.6) is 5.75 Å². The van der Waals surface area contributed by atoms with Gasteiger partial charge in [0.05, 0.1) is 23.9 Å². The summed E-state index contributed by atoms with van der Waals surface area (Å²) in [6.07, 6.45) is 0.320. The van der Waals surface area contributed by atoms with E-state index in [2.05, 4.69) is 0 Å². The lowest BCUT2D eigenvalue weighted by atomic mass is 10.0. The molecule has 0 amide bonds. The molecule has 0 saturated carbocycles. The van der Waals surface area contributed by atoms with Crippen LogP contribution in [0.3, 0.4) is 0 Å². The van der Waals surface area contributed by atoms with Crippen LogP contribution in [0.2, 0.25) is 4.34 Å². The third-order valence-electron chi connectivity index (χ3n) is 3.28. The number of rotatable bonds is 7. The van der Waals surface area contributed by atoms with E-state index in [4.69, 9.17) is 27.2 Å². The summed E-state index contributed by atoms with van der Waals surface area (Å²) in [5.74, 6) is -0.683. The standard InChI is InChI=1S/C16H16ClNO4S/c1-22-12-8-13(17)23-16(12)15(21)11(18)6-9-2-4-10(5-3-9)7-14(19)20/h2-5,8,11H,6-7,18H2,1H3,(H,19,20). The Bertz CT molecular complexity index is 711. The monoisotopic (exact) mass is 353 g/mol. The fourth-order valence-electron chi connectivity index (χ4n) is 2.15. The zero-order chi connectivity index (χ0) is 17.0. The molecule has 3 N–H and O–H groups in total. The largest absolute Gasteiger partial charge is 0.495 e. The summed E-state index contributed by atoms with van der Waals surface area (Å²) in [7, 11) is 1.47. The molecule has 7 heteroatoms. The number of carboxylic acid groups (broad SMARTS) is 1. The van der Waals surface area contributed by atoms with Gasteiger partial charge in [-0.05, 0) is 17.5 Å². The van der Waals surface area contributed by atoms with Gasteiger partial charge in [0, 0.05) is 6.07 Å². The first-order chi connectivity index (χ1) is 10.9. The van der Waals surface area contributed by atoms with Gasteiger partial charge < -0.3 is 15.6 Å². The topological polar surface area (TPSA) is 89.6 Å². The van der Waals surface area contributed by atoms with Gasteiger partial charge in [0.1, 0.15) is 10.6 Å². The molecule has 1 aromatic heterocycles. The van der Waals surface area contributed by atoms with E-state index in [1.54, 1.807) is 30.3 Å². The van der Waals surface area contributed by atoms with Crippen molar-refractivity contribution in [2.75, 3.05) is 7.11 Å². The van der Waals surface area contributed by atoms with Gasteiger partial charge in [0.2, 0.25) is 0 Å². The fraction of sp³-hybridized carbons (Fsp3) is 0.250. The first kappa shape index (κ1) is 17.5. The SMILES string of the molecule is COc1cc(Cl)sc1C(=O)C(N)Cc1ccc(CC(=O)O)cc1. The Kier molecular flexibility index (Phi) is 5.76. The molecule has 0 saturated heterocycles. The first-order valence-electron chi connectivity index (χ1n) is 6.83. The molecule has 0 spiro atoms. The van der Waals surface area contributed by atoms with Gasteiger partial charge in [-0.1, -0.05) is 35.9 Å². The lowest BCUT2D eigenvalue weighted by Gasteiger charge is -2.11. The number of aliphatic carboxylic acids is 1. The van der Waals surface area contributed by atoms with E-state index in [1.165, 1.54) is 7.11 Å². The Morgan fingerprint density at radius 3 is 2.48 bits per heavy atom. The van der Waals surface area contributed by atoms with Gasteiger partial charge in [0.25, 0.3) is 0 Å². The smallest absolute Gasteiger partial charge is 0.307 e. The number of nitrogens with two attached hydrogens (primary N) is 1. The Morgan fingerprint density at radius 1 is 1.30 bits per heavy atom. The fourth-order valence-corrected chi connectivity index (χ4v) is 3.34. The number of carbonyl (C=O) groups is 2. The van der Waals surface area contributed by atoms with E-state index in [-0.39, 0.29) is 12.2 Å². The minimum absolute atomic E-state index is 0.0316. The van der Waals surface area contributed by atoms with Crippen molar-refractivity contribution >= 4 is 34.7 Å². The number of Topliss-reactive ketones (excluding diaryl/α,β-unsaturated/α-hetero) is 1. The number of ether oxygens (including phenoxy) is 1. The molecule has 122 valence electrons. The normalized spacial score (nSPS) is 12.0. The molecular formula is C16H16ClNO4S. The predicted octanol–water partition coefficient (Wildman–Crippen LogP) is 2.79. The zero-order valence-electron chi connectivity index (χ0n) is 12.4. The van der Waals surface area contributed by atoms with E-state index in [1.807, 2.05) is 0 Å². The quantitative estimate of drug-likeness (QED) is 0.747. The Morgan fingerprint density at radius 2 is 1.91 bits per heavy atom. The Hall–Kier alpha value is -1.89. The summed E-state index contributed by atoms with van der Waals surface area (Å²) in [4.78, 5) is 23.5. The molecule has 2 rings (SSSR count). The van der Waals surface area contributed by atoms with Crippen LogP contribution in [0.1, 0.15) is 20.8 Å². The van der Waals surface area contributed by atoms with Gasteiger partial charge in [0.15, 0.2) is 5.78 Å². The van der Waals surface area contributed by atoms with Crippen LogP contribution in [0, 0.1) is 0 Å². The molecule has 0 aliphatic carbocycles. The maximum Gasteiger partial charge on any atom is 0.307 e. The van der Waals surface area contributed by atoms with Crippen molar-refractivity contribution in [2.24, 2.45) is 5.73 Å². The number of benzene rings is 1. The minimum Gasteiger partial charge on any atom is -0.495 e. The van der Waals surface area contributed by atoms with E-state index < -0.39 is 12.0 Å². The van der Waals surface area contributed by atoms with Crippen LogP contribution >= 0.6 is 22.9 Å². The maximum absolute atomic E-state index is 12.4. The Labute approximate surface area is 142 Å². The van der Waals surface area contributed by atoms with Crippen molar-refractivity contribution in [2.45, 2.75) is 18.9 Å². The number of methoxy groups -OCH3 is 1. The zero-order valence-corrected chi connectivity index (χ0v) is 14.0. The van der Waals surface area contributed by atoms with E-state index in [9.17, 15) is 9.59 Å². The van der Waals surface area contributed by atoms with E-state index >= 15 is 0 Å². The summed E-state index contributed by atoms with van der Waals surface area (Å²) < 4.78 is 5.60. The second-order valence-electron chi connectivity index (χ2n) is 5.01.